The van der Waals surface area contributed by atoms with E-state index in [-0.39, 0.29) is 6.10 Å². The van der Waals surface area contributed by atoms with Crippen molar-refractivity contribution in [1.82, 2.24) is 0 Å². The van der Waals surface area contributed by atoms with Gasteiger partial charge in [-0.1, -0.05) is 0 Å². The van der Waals surface area contributed by atoms with Crippen LogP contribution < -0.4 is 0 Å². The Kier molecular flexibility index (Phi) is 1.86. The average molecular weight is 116 g/mol. The summed E-state index contributed by atoms with van der Waals surface area (Å²) in [5.74, 6) is 0. The molecule has 0 aliphatic heterocycles. The third kappa shape index (κ3) is 1.20. The zero-order valence-corrected chi connectivity index (χ0v) is 5.13. The van der Waals surface area contributed by atoms with Crippen molar-refractivity contribution in [2.24, 2.45) is 0 Å². The van der Waals surface area contributed by atoms with E-state index < -0.39 is 0 Å². The quantitative estimate of drug-likeness (QED) is 0.570. The van der Waals surface area contributed by atoms with E-state index in [1.54, 1.807) is 0 Å². The molecule has 1 aliphatic carbocycles. The molecule has 8 heavy (non-hydrogen) atoms. The highest BCUT2D eigenvalue weighted by Gasteiger charge is 2.26. The summed E-state index contributed by atoms with van der Waals surface area (Å²) in [6, 6.07) is 0. The van der Waals surface area contributed by atoms with Gasteiger partial charge in [-0.3, -0.25) is 0 Å². The van der Waals surface area contributed by atoms with Gasteiger partial charge in [-0.2, -0.15) is 0 Å². The Hall–Kier alpha value is -0.0800. The number of ether oxygens (including phenoxy) is 1. The van der Waals surface area contributed by atoms with E-state index >= 15 is 0 Å². The third-order valence-corrected chi connectivity index (χ3v) is 1.47. The van der Waals surface area contributed by atoms with Gasteiger partial charge < -0.3 is 9.84 Å². The predicted molar refractivity (Wildman–Crippen MR) is 30.7 cm³/mol. The Bertz CT molecular complexity index is 64.2. The maximum absolute atomic E-state index is 8.76. The van der Waals surface area contributed by atoms with Crippen LogP contribution in [0.5, 0.6) is 0 Å². The standard InChI is InChI=1S/C6H12O2/c1-2-8-6-3-5(7)4-6/h5-7H,2-4H2,1H3. The van der Waals surface area contributed by atoms with Crippen molar-refractivity contribution >= 4 is 0 Å². The molecular weight excluding hydrogens is 104 g/mol. The van der Waals surface area contributed by atoms with Crippen LogP contribution in [0.4, 0.5) is 0 Å². The molecule has 0 aromatic carbocycles. The maximum Gasteiger partial charge on any atom is 0.0624 e. The van der Waals surface area contributed by atoms with Gasteiger partial charge in [0.2, 0.25) is 0 Å². The molecule has 0 heterocycles. The van der Waals surface area contributed by atoms with Crippen molar-refractivity contribution in [3.63, 3.8) is 0 Å². The lowest BCUT2D eigenvalue weighted by atomic mass is 9.92. The summed E-state index contributed by atoms with van der Waals surface area (Å²) in [7, 11) is 0. The average Bonchev–Trinajstić information content (AvgIpc) is 1.64. The Morgan fingerprint density at radius 1 is 1.62 bits per heavy atom. The van der Waals surface area contributed by atoms with Crippen molar-refractivity contribution < 1.29 is 9.84 Å². The second-order valence-corrected chi connectivity index (χ2v) is 2.20. The normalized spacial score (nSPS) is 36.8. The van der Waals surface area contributed by atoms with Gasteiger partial charge in [0.1, 0.15) is 0 Å². The van der Waals surface area contributed by atoms with Crippen LogP contribution in [0.1, 0.15) is 19.8 Å². The van der Waals surface area contributed by atoms with Crippen LogP contribution in [-0.2, 0) is 4.74 Å². The van der Waals surface area contributed by atoms with Crippen molar-refractivity contribution in [2.45, 2.75) is 32.0 Å². The first kappa shape index (κ1) is 6.05. The Balaban J connectivity index is 1.98. The van der Waals surface area contributed by atoms with Gasteiger partial charge in [-0.15, -0.1) is 0 Å². The molecule has 1 N–H and O–H groups in total. The molecular formula is C6H12O2. The second-order valence-electron chi connectivity index (χ2n) is 2.20. The van der Waals surface area contributed by atoms with Gasteiger partial charge in [-0.25, -0.2) is 0 Å². The van der Waals surface area contributed by atoms with Crippen LogP contribution in [0.2, 0.25) is 0 Å². The largest absolute Gasteiger partial charge is 0.393 e. The molecule has 0 unspecified atom stereocenters. The lowest BCUT2D eigenvalue weighted by Gasteiger charge is -2.30. The van der Waals surface area contributed by atoms with Gasteiger partial charge in [0.15, 0.2) is 0 Å². The van der Waals surface area contributed by atoms with Gasteiger partial charge in [0.05, 0.1) is 12.2 Å². The molecule has 0 aromatic heterocycles. The number of aliphatic hydroxyl groups excluding tert-OH is 1. The monoisotopic (exact) mass is 116 g/mol. The summed E-state index contributed by atoms with van der Waals surface area (Å²) in [5.41, 5.74) is 0. The Labute approximate surface area is 49.5 Å². The number of hydrogen-bond donors (Lipinski definition) is 1. The van der Waals surface area contributed by atoms with Crippen LogP contribution in [-0.4, -0.2) is 23.9 Å². The van der Waals surface area contributed by atoms with E-state index in [1.807, 2.05) is 6.92 Å². The van der Waals surface area contributed by atoms with Crippen molar-refractivity contribution in [3.05, 3.63) is 0 Å². The van der Waals surface area contributed by atoms with Crippen LogP contribution in [0, 0.1) is 0 Å². The molecule has 48 valence electrons. The van der Waals surface area contributed by atoms with E-state index in [0.717, 1.165) is 19.4 Å². The first-order chi connectivity index (χ1) is 3.83. The van der Waals surface area contributed by atoms with Gasteiger partial charge in [0, 0.05) is 6.61 Å². The lowest BCUT2D eigenvalue weighted by molar-refractivity contribution is -0.0666. The molecule has 2 heteroatoms. The number of rotatable bonds is 2. The first-order valence-corrected chi connectivity index (χ1v) is 3.12. The highest BCUT2D eigenvalue weighted by molar-refractivity contribution is 4.78. The Morgan fingerprint density at radius 2 is 2.25 bits per heavy atom. The molecule has 0 atom stereocenters. The molecule has 2 nitrogen and oxygen atoms in total. The summed E-state index contributed by atoms with van der Waals surface area (Å²) in [4.78, 5) is 0. The summed E-state index contributed by atoms with van der Waals surface area (Å²) in [5, 5.41) is 8.76. The minimum absolute atomic E-state index is 0.0773. The molecule has 0 radical (unpaired) electrons. The highest BCUT2D eigenvalue weighted by atomic mass is 16.5. The molecule has 0 bridgehead atoms. The van der Waals surface area contributed by atoms with Crippen molar-refractivity contribution in [3.8, 4) is 0 Å². The van der Waals surface area contributed by atoms with Gasteiger partial charge >= 0.3 is 0 Å². The molecule has 0 aromatic rings. The van der Waals surface area contributed by atoms with E-state index in [4.69, 9.17) is 9.84 Å². The molecule has 1 saturated carbocycles. The van der Waals surface area contributed by atoms with Crippen LogP contribution in [0.25, 0.3) is 0 Å². The van der Waals surface area contributed by atoms with Crippen LogP contribution in [0.3, 0.4) is 0 Å². The second kappa shape index (κ2) is 2.46. The minimum atomic E-state index is -0.0773. The van der Waals surface area contributed by atoms with Crippen LogP contribution >= 0.6 is 0 Å². The van der Waals surface area contributed by atoms with Gasteiger partial charge in [0.25, 0.3) is 0 Å². The fourth-order valence-electron chi connectivity index (χ4n) is 0.910. The molecule has 0 amide bonds. The van der Waals surface area contributed by atoms with Crippen molar-refractivity contribution in [2.75, 3.05) is 6.61 Å². The lowest BCUT2D eigenvalue weighted by Crippen LogP contribution is -2.35. The maximum atomic E-state index is 8.76. The van der Waals surface area contributed by atoms with E-state index in [9.17, 15) is 0 Å². The third-order valence-electron chi connectivity index (χ3n) is 1.47. The van der Waals surface area contributed by atoms with E-state index in [2.05, 4.69) is 0 Å². The molecule has 0 saturated heterocycles. The summed E-state index contributed by atoms with van der Waals surface area (Å²) in [6.45, 7) is 2.75. The first-order valence-electron chi connectivity index (χ1n) is 3.12. The van der Waals surface area contributed by atoms with Crippen LogP contribution in [0.15, 0.2) is 0 Å². The van der Waals surface area contributed by atoms with E-state index in [1.165, 1.54) is 0 Å². The zero-order chi connectivity index (χ0) is 5.98. The number of hydrogen-bond acceptors (Lipinski definition) is 2. The topological polar surface area (TPSA) is 29.5 Å². The smallest absolute Gasteiger partial charge is 0.0624 e. The minimum Gasteiger partial charge on any atom is -0.393 e. The zero-order valence-electron chi connectivity index (χ0n) is 5.13. The Morgan fingerprint density at radius 3 is 2.62 bits per heavy atom. The number of aliphatic hydroxyl groups is 1. The summed E-state index contributed by atoms with van der Waals surface area (Å²) >= 11 is 0. The SMILES string of the molecule is CCOC1CC(O)C1. The molecule has 1 rings (SSSR count). The molecule has 0 spiro atoms. The molecule has 1 aliphatic rings. The highest BCUT2D eigenvalue weighted by Crippen LogP contribution is 2.22. The fraction of sp³-hybridized carbons (Fsp3) is 1.00. The van der Waals surface area contributed by atoms with E-state index in [0.29, 0.717) is 6.10 Å². The molecule has 1 fully saturated rings. The van der Waals surface area contributed by atoms with Crippen molar-refractivity contribution in [1.29, 1.82) is 0 Å². The fourth-order valence-corrected chi connectivity index (χ4v) is 0.910. The summed E-state index contributed by atoms with van der Waals surface area (Å²) in [6.07, 6.45) is 1.96. The van der Waals surface area contributed by atoms with Gasteiger partial charge in [-0.05, 0) is 19.8 Å². The predicted octanol–water partition coefficient (Wildman–Crippen LogP) is 0.546. The summed E-state index contributed by atoms with van der Waals surface area (Å²) < 4.78 is 5.19.